The monoisotopic (exact) mass is 472 g/mol. The maximum Gasteiger partial charge on any atom is 0.407 e. The van der Waals surface area contributed by atoms with Crippen LogP contribution in [0.2, 0.25) is 5.28 Å². The maximum atomic E-state index is 12.2. The van der Waals surface area contributed by atoms with E-state index in [9.17, 15) is 4.79 Å². The first-order valence-corrected chi connectivity index (χ1v) is 11.4. The molecule has 2 aromatic heterocycles. The zero-order valence-corrected chi connectivity index (χ0v) is 19.0. The van der Waals surface area contributed by atoms with E-state index in [0.717, 1.165) is 37.0 Å². The number of benzene rings is 1. The van der Waals surface area contributed by atoms with Crippen molar-refractivity contribution >= 4 is 34.7 Å². The molecule has 11 heteroatoms. The molecule has 1 aliphatic carbocycles. The first-order valence-electron chi connectivity index (χ1n) is 11.0. The Hall–Kier alpha value is -3.27. The minimum atomic E-state index is -0.430. The zero-order valence-electron chi connectivity index (χ0n) is 18.2. The molecule has 3 heterocycles. The predicted molar refractivity (Wildman–Crippen MR) is 122 cm³/mol. The summed E-state index contributed by atoms with van der Waals surface area (Å²) in [5.74, 6) is 2.28. The van der Waals surface area contributed by atoms with E-state index >= 15 is 0 Å². The van der Waals surface area contributed by atoms with E-state index in [0.29, 0.717) is 35.9 Å². The first-order chi connectivity index (χ1) is 16.1. The second-order valence-electron chi connectivity index (χ2n) is 8.24. The summed E-state index contributed by atoms with van der Waals surface area (Å²) >= 11 is 6.10. The molecule has 1 aromatic carbocycles. The van der Waals surface area contributed by atoms with Gasteiger partial charge in [-0.3, -0.25) is 0 Å². The van der Waals surface area contributed by atoms with Gasteiger partial charge in [0, 0.05) is 19.6 Å². The Kier molecular flexibility index (Phi) is 6.08. The molecule has 0 spiro atoms. The third-order valence-corrected chi connectivity index (χ3v) is 6.27. The largest absolute Gasteiger partial charge is 0.454 e. The molecule has 1 aliphatic heterocycles. The van der Waals surface area contributed by atoms with Gasteiger partial charge in [-0.2, -0.15) is 9.97 Å². The standard InChI is InChI=1S/C22H25ClN6O4/c1-24-19-18-20(28-21(23)27-19)29(11-26-18)15-4-2-3-14(7-15)10-31-22(30)25-9-13-5-6-16-17(8-13)33-12-32-16/h5-6,8,11,14-15H,2-4,7,9-10,12H2,1H3,(H,25,30)(H,24,27,28). The van der Waals surface area contributed by atoms with Gasteiger partial charge in [0.25, 0.3) is 0 Å². The molecule has 0 radical (unpaired) electrons. The van der Waals surface area contributed by atoms with E-state index in [4.69, 9.17) is 25.8 Å². The lowest BCUT2D eigenvalue weighted by atomic mass is 9.86. The Morgan fingerprint density at radius 2 is 2.15 bits per heavy atom. The average Bonchev–Trinajstić information content (AvgIpc) is 3.47. The van der Waals surface area contributed by atoms with Crippen molar-refractivity contribution in [3.8, 4) is 11.5 Å². The highest BCUT2D eigenvalue weighted by molar-refractivity contribution is 6.28. The van der Waals surface area contributed by atoms with E-state index in [-0.39, 0.29) is 24.0 Å². The van der Waals surface area contributed by atoms with Crippen LogP contribution in [0.25, 0.3) is 11.2 Å². The lowest BCUT2D eigenvalue weighted by molar-refractivity contribution is 0.107. The highest BCUT2D eigenvalue weighted by atomic mass is 35.5. The number of hydrogen-bond donors (Lipinski definition) is 2. The van der Waals surface area contributed by atoms with Crippen molar-refractivity contribution < 1.29 is 19.0 Å². The zero-order chi connectivity index (χ0) is 22.8. The van der Waals surface area contributed by atoms with Crippen molar-refractivity contribution in [1.29, 1.82) is 0 Å². The molecule has 1 saturated carbocycles. The van der Waals surface area contributed by atoms with Crippen molar-refractivity contribution in [2.24, 2.45) is 5.92 Å². The average molecular weight is 473 g/mol. The van der Waals surface area contributed by atoms with Gasteiger partial charge < -0.3 is 29.4 Å². The van der Waals surface area contributed by atoms with Crippen molar-refractivity contribution in [1.82, 2.24) is 24.8 Å². The summed E-state index contributed by atoms with van der Waals surface area (Å²) in [6.45, 7) is 0.952. The molecule has 1 amide bonds. The van der Waals surface area contributed by atoms with Crippen molar-refractivity contribution in [3.63, 3.8) is 0 Å². The fraction of sp³-hybridized carbons (Fsp3) is 0.455. The topological polar surface area (TPSA) is 112 Å². The number of nitrogens with zero attached hydrogens (tertiary/aromatic N) is 4. The second-order valence-corrected chi connectivity index (χ2v) is 8.58. The summed E-state index contributed by atoms with van der Waals surface area (Å²) in [7, 11) is 1.78. The number of hydrogen-bond acceptors (Lipinski definition) is 8. The highest BCUT2D eigenvalue weighted by Crippen LogP contribution is 2.35. The van der Waals surface area contributed by atoms with Crippen LogP contribution in [0, 0.1) is 5.92 Å². The maximum absolute atomic E-state index is 12.2. The predicted octanol–water partition coefficient (Wildman–Crippen LogP) is 3.91. The number of carbonyl (C=O) groups is 1. The van der Waals surface area contributed by atoms with Gasteiger partial charge in [-0.15, -0.1) is 0 Å². The fourth-order valence-corrected chi connectivity index (χ4v) is 4.63. The molecule has 5 rings (SSSR count). The van der Waals surface area contributed by atoms with Gasteiger partial charge in [-0.25, -0.2) is 9.78 Å². The molecule has 3 aromatic rings. The molecule has 10 nitrogen and oxygen atoms in total. The third-order valence-electron chi connectivity index (χ3n) is 6.10. The minimum absolute atomic E-state index is 0.184. The number of carbonyl (C=O) groups excluding carboxylic acids is 1. The first kappa shape index (κ1) is 21.6. The number of amides is 1. The summed E-state index contributed by atoms with van der Waals surface area (Å²) in [6, 6.07) is 5.80. The van der Waals surface area contributed by atoms with Crippen molar-refractivity contribution in [2.45, 2.75) is 38.3 Å². The Morgan fingerprint density at radius 1 is 1.27 bits per heavy atom. The van der Waals surface area contributed by atoms with Crippen LogP contribution in [0.5, 0.6) is 11.5 Å². The Balaban J connectivity index is 1.16. The van der Waals surface area contributed by atoms with Crippen LogP contribution in [0.4, 0.5) is 10.6 Å². The van der Waals surface area contributed by atoms with Crippen LogP contribution in [-0.2, 0) is 11.3 Å². The summed E-state index contributed by atoms with van der Waals surface area (Å²) in [4.78, 5) is 25.3. The van der Waals surface area contributed by atoms with E-state index < -0.39 is 6.09 Å². The number of rotatable bonds is 6. The van der Waals surface area contributed by atoms with Crippen LogP contribution < -0.4 is 20.1 Å². The molecule has 1 fully saturated rings. The van der Waals surface area contributed by atoms with Crippen LogP contribution in [0.1, 0.15) is 37.3 Å². The molecule has 174 valence electrons. The Bertz CT molecular complexity index is 1170. The van der Waals surface area contributed by atoms with E-state index in [1.54, 1.807) is 13.4 Å². The minimum Gasteiger partial charge on any atom is -0.454 e. The van der Waals surface area contributed by atoms with Crippen molar-refractivity contribution in [3.05, 3.63) is 35.4 Å². The van der Waals surface area contributed by atoms with Crippen LogP contribution in [0.15, 0.2) is 24.5 Å². The SMILES string of the molecule is CNc1nc(Cl)nc2c1ncn2C1CCCC(COC(=O)NCc2ccc3c(c2)OCO3)C1. The number of alkyl carbamates (subject to hydrolysis) is 1. The number of nitrogens with one attached hydrogen (secondary N) is 2. The Morgan fingerprint density at radius 3 is 3.03 bits per heavy atom. The molecular formula is C22H25ClN6O4. The lowest BCUT2D eigenvalue weighted by Gasteiger charge is -2.29. The van der Waals surface area contributed by atoms with E-state index in [2.05, 4.69) is 30.2 Å². The molecular weight excluding hydrogens is 448 g/mol. The normalized spacial score (nSPS) is 19.5. The number of imidazole rings is 1. The van der Waals surface area contributed by atoms with Gasteiger partial charge in [0.15, 0.2) is 28.5 Å². The van der Waals surface area contributed by atoms with E-state index in [1.807, 2.05) is 18.2 Å². The van der Waals surface area contributed by atoms with Crippen LogP contribution in [0.3, 0.4) is 0 Å². The number of anilines is 1. The molecule has 2 N–H and O–H groups in total. The Labute approximate surface area is 195 Å². The smallest absolute Gasteiger partial charge is 0.407 e. The molecule has 33 heavy (non-hydrogen) atoms. The molecule has 2 aliphatic rings. The summed E-state index contributed by atoms with van der Waals surface area (Å²) < 4.78 is 18.3. The number of halogens is 1. The van der Waals surface area contributed by atoms with Gasteiger partial charge in [0.1, 0.15) is 0 Å². The van der Waals surface area contributed by atoms with Crippen molar-refractivity contribution in [2.75, 3.05) is 25.8 Å². The third kappa shape index (κ3) is 4.61. The molecule has 0 saturated heterocycles. The summed E-state index contributed by atoms with van der Waals surface area (Å²) in [5, 5.41) is 6.00. The van der Waals surface area contributed by atoms with Gasteiger partial charge in [0.05, 0.1) is 12.9 Å². The number of fused-ring (bicyclic) bond motifs is 2. The van der Waals surface area contributed by atoms with E-state index in [1.165, 1.54) is 0 Å². The molecule has 0 bridgehead atoms. The second kappa shape index (κ2) is 9.30. The molecule has 2 atom stereocenters. The summed E-state index contributed by atoms with van der Waals surface area (Å²) in [6.07, 6.45) is 5.29. The van der Waals surface area contributed by atoms with Crippen LogP contribution >= 0.6 is 11.6 Å². The lowest BCUT2D eigenvalue weighted by Crippen LogP contribution is -2.28. The van der Waals surface area contributed by atoms with Gasteiger partial charge in [-0.1, -0.05) is 12.5 Å². The quantitative estimate of drug-likeness (QED) is 0.519. The van der Waals surface area contributed by atoms with Crippen LogP contribution in [-0.4, -0.2) is 46.1 Å². The van der Waals surface area contributed by atoms with Gasteiger partial charge in [-0.05, 0) is 54.5 Å². The highest BCUT2D eigenvalue weighted by Gasteiger charge is 2.26. The van der Waals surface area contributed by atoms with Gasteiger partial charge >= 0.3 is 6.09 Å². The van der Waals surface area contributed by atoms with Gasteiger partial charge in [0.2, 0.25) is 12.1 Å². The number of ether oxygens (including phenoxy) is 3. The summed E-state index contributed by atoms with van der Waals surface area (Å²) in [5.41, 5.74) is 2.33. The molecule has 2 unspecified atom stereocenters. The number of aromatic nitrogens is 4. The fourth-order valence-electron chi connectivity index (χ4n) is 4.47.